The van der Waals surface area contributed by atoms with Crippen molar-refractivity contribution in [3.8, 4) is 5.75 Å². The lowest BCUT2D eigenvalue weighted by Crippen LogP contribution is -2.43. The molecule has 160 valence electrons. The van der Waals surface area contributed by atoms with Gasteiger partial charge in [-0.2, -0.15) is 0 Å². The lowest BCUT2D eigenvalue weighted by molar-refractivity contribution is -0.123. The van der Waals surface area contributed by atoms with Gasteiger partial charge in [0.1, 0.15) is 5.75 Å². The van der Waals surface area contributed by atoms with Crippen LogP contribution in [0.5, 0.6) is 5.75 Å². The van der Waals surface area contributed by atoms with Gasteiger partial charge in [0.25, 0.3) is 11.8 Å². The van der Waals surface area contributed by atoms with Gasteiger partial charge in [-0.25, -0.2) is 9.97 Å². The molecule has 9 heteroatoms. The highest BCUT2D eigenvalue weighted by molar-refractivity contribution is 7.98. The molecule has 2 amide bonds. The van der Waals surface area contributed by atoms with E-state index in [0.717, 1.165) is 22.1 Å². The molecule has 0 radical (unpaired) electrons. The minimum atomic E-state index is -0.482. The summed E-state index contributed by atoms with van der Waals surface area (Å²) in [6.07, 6.45) is 0. The molecular formula is C22H21ClN4O3S. The smallest absolute Gasteiger partial charge is 0.276 e. The number of hydrogen-bond acceptors (Lipinski definition) is 6. The zero-order valence-electron chi connectivity index (χ0n) is 17.0. The average Bonchev–Trinajstić information content (AvgIpc) is 2.75. The van der Waals surface area contributed by atoms with E-state index >= 15 is 0 Å². The minimum absolute atomic E-state index is 0.238. The van der Waals surface area contributed by atoms with Crippen LogP contribution in [0.4, 0.5) is 0 Å². The number of ether oxygens (including phenoxy) is 1. The molecule has 0 saturated carbocycles. The second kappa shape index (κ2) is 10.8. The van der Waals surface area contributed by atoms with Crippen LogP contribution >= 0.6 is 23.4 Å². The van der Waals surface area contributed by atoms with Gasteiger partial charge in [0.15, 0.2) is 11.8 Å². The predicted octanol–water partition coefficient (Wildman–Crippen LogP) is 3.88. The van der Waals surface area contributed by atoms with Gasteiger partial charge < -0.3 is 4.74 Å². The van der Waals surface area contributed by atoms with E-state index < -0.39 is 11.8 Å². The van der Waals surface area contributed by atoms with E-state index in [4.69, 9.17) is 16.3 Å². The molecule has 0 atom stereocenters. The summed E-state index contributed by atoms with van der Waals surface area (Å²) in [4.78, 5) is 32.9. The summed E-state index contributed by atoms with van der Waals surface area (Å²) < 4.78 is 5.32. The third kappa shape index (κ3) is 7.27. The number of halogens is 1. The molecule has 1 aromatic heterocycles. The van der Waals surface area contributed by atoms with Gasteiger partial charge >= 0.3 is 0 Å². The fraction of sp³-hybridized carbons (Fsp3) is 0.182. The van der Waals surface area contributed by atoms with Crippen molar-refractivity contribution in [1.29, 1.82) is 0 Å². The zero-order chi connectivity index (χ0) is 22.2. The molecule has 3 aromatic rings. The Morgan fingerprint density at radius 2 is 1.61 bits per heavy atom. The monoisotopic (exact) mass is 456 g/mol. The number of amides is 2. The number of hydrogen-bond donors (Lipinski definition) is 2. The first-order valence-electron chi connectivity index (χ1n) is 9.40. The highest BCUT2D eigenvalue weighted by Crippen LogP contribution is 2.20. The summed E-state index contributed by atoms with van der Waals surface area (Å²) >= 11 is 7.33. The molecule has 0 unspecified atom stereocenters. The highest BCUT2D eigenvalue weighted by Gasteiger charge is 2.09. The van der Waals surface area contributed by atoms with Crippen molar-refractivity contribution in [3.05, 3.63) is 82.1 Å². The molecule has 2 aromatic carbocycles. The molecule has 0 aliphatic heterocycles. The number of carbonyl (C=O) groups excluding carboxylic acids is 2. The van der Waals surface area contributed by atoms with E-state index in [2.05, 4.69) is 20.8 Å². The number of nitrogens with zero attached hydrogens (tertiary/aromatic N) is 2. The number of carbonyl (C=O) groups is 2. The van der Waals surface area contributed by atoms with E-state index in [-0.39, 0.29) is 6.61 Å². The number of benzene rings is 2. The molecule has 0 spiro atoms. The lowest BCUT2D eigenvalue weighted by atomic mass is 10.1. The first-order valence-corrected chi connectivity index (χ1v) is 10.8. The Kier molecular flexibility index (Phi) is 7.86. The maximum absolute atomic E-state index is 12.2. The van der Waals surface area contributed by atoms with Crippen molar-refractivity contribution in [3.63, 3.8) is 0 Å². The molecule has 2 N–H and O–H groups in total. The Morgan fingerprint density at radius 1 is 0.968 bits per heavy atom. The van der Waals surface area contributed by atoms with Crippen LogP contribution in [0.3, 0.4) is 0 Å². The number of hydrazine groups is 1. The molecule has 31 heavy (non-hydrogen) atoms. The summed E-state index contributed by atoms with van der Waals surface area (Å²) in [5.74, 6) is 0.288. The zero-order valence-corrected chi connectivity index (χ0v) is 18.6. The molecule has 0 aliphatic rings. The van der Waals surface area contributed by atoms with E-state index in [1.54, 1.807) is 36.4 Å². The van der Waals surface area contributed by atoms with Crippen molar-refractivity contribution in [2.24, 2.45) is 0 Å². The predicted molar refractivity (Wildman–Crippen MR) is 120 cm³/mol. The normalized spacial score (nSPS) is 10.4. The topological polar surface area (TPSA) is 93.2 Å². The number of aromatic nitrogens is 2. The minimum Gasteiger partial charge on any atom is -0.484 e. The Bertz CT molecular complexity index is 1040. The van der Waals surface area contributed by atoms with Crippen LogP contribution in [0.25, 0.3) is 0 Å². The van der Waals surface area contributed by atoms with Crippen LogP contribution < -0.4 is 15.6 Å². The molecule has 0 fully saturated rings. The fourth-order valence-corrected chi connectivity index (χ4v) is 3.60. The molecule has 0 bridgehead atoms. The third-order valence-electron chi connectivity index (χ3n) is 4.04. The van der Waals surface area contributed by atoms with Gasteiger partial charge in [0.2, 0.25) is 0 Å². The standard InChI is InChI=1S/C22H21ClN4O3S/c1-14-11-15(2)25-22(24-14)31-13-16-3-5-17(6-4-16)21(29)27-26-20(28)12-30-19-9-7-18(23)8-10-19/h3-11H,12-13H2,1-2H3,(H,26,28)(H,27,29). The Balaban J connectivity index is 1.44. The molecular weight excluding hydrogens is 436 g/mol. The SMILES string of the molecule is Cc1cc(C)nc(SCc2ccc(C(=O)NNC(=O)COc3ccc(Cl)cc3)cc2)n1. The summed E-state index contributed by atoms with van der Waals surface area (Å²) in [5.41, 5.74) is 8.02. The summed E-state index contributed by atoms with van der Waals surface area (Å²) in [6, 6.07) is 15.7. The highest BCUT2D eigenvalue weighted by atomic mass is 35.5. The maximum Gasteiger partial charge on any atom is 0.276 e. The van der Waals surface area contributed by atoms with E-state index in [0.29, 0.717) is 22.1 Å². The second-order valence-electron chi connectivity index (χ2n) is 6.66. The lowest BCUT2D eigenvalue weighted by Gasteiger charge is -2.09. The summed E-state index contributed by atoms with van der Waals surface area (Å²) in [6.45, 7) is 3.64. The second-order valence-corrected chi connectivity index (χ2v) is 8.04. The van der Waals surface area contributed by atoms with Gasteiger partial charge in [-0.15, -0.1) is 0 Å². The van der Waals surface area contributed by atoms with Crippen LogP contribution in [0.2, 0.25) is 5.02 Å². The molecule has 7 nitrogen and oxygen atoms in total. The maximum atomic E-state index is 12.2. The van der Waals surface area contributed by atoms with Crippen molar-refractivity contribution in [2.45, 2.75) is 24.8 Å². The Hall–Kier alpha value is -3.10. The molecule has 3 rings (SSSR count). The first kappa shape index (κ1) is 22.6. The number of rotatable bonds is 7. The van der Waals surface area contributed by atoms with Crippen LogP contribution in [-0.4, -0.2) is 28.4 Å². The summed E-state index contributed by atoms with van der Waals surface area (Å²) in [5, 5.41) is 1.30. The van der Waals surface area contributed by atoms with Crippen molar-refractivity contribution >= 4 is 35.2 Å². The van der Waals surface area contributed by atoms with Crippen LogP contribution in [0.1, 0.15) is 27.3 Å². The van der Waals surface area contributed by atoms with Gasteiger partial charge in [-0.05, 0) is 61.9 Å². The van der Waals surface area contributed by atoms with E-state index in [1.165, 1.54) is 11.8 Å². The fourth-order valence-electron chi connectivity index (χ4n) is 2.57. The van der Waals surface area contributed by atoms with Crippen LogP contribution in [0, 0.1) is 13.8 Å². The van der Waals surface area contributed by atoms with E-state index in [1.807, 2.05) is 32.0 Å². The number of thioether (sulfide) groups is 1. The van der Waals surface area contributed by atoms with Crippen molar-refractivity contribution in [1.82, 2.24) is 20.8 Å². The number of aryl methyl sites for hydroxylation is 2. The molecule has 0 aliphatic carbocycles. The van der Waals surface area contributed by atoms with Gasteiger partial charge in [0, 0.05) is 27.7 Å². The molecule has 1 heterocycles. The van der Waals surface area contributed by atoms with Crippen LogP contribution in [0.15, 0.2) is 59.8 Å². The summed E-state index contributed by atoms with van der Waals surface area (Å²) in [7, 11) is 0. The van der Waals surface area contributed by atoms with Crippen LogP contribution in [-0.2, 0) is 10.5 Å². The van der Waals surface area contributed by atoms with Gasteiger partial charge in [0.05, 0.1) is 0 Å². The average molecular weight is 457 g/mol. The van der Waals surface area contributed by atoms with E-state index in [9.17, 15) is 9.59 Å². The Labute approximate surface area is 189 Å². The number of nitrogens with one attached hydrogen (secondary N) is 2. The Morgan fingerprint density at radius 3 is 2.26 bits per heavy atom. The van der Waals surface area contributed by atoms with Crippen molar-refractivity contribution in [2.75, 3.05) is 6.61 Å². The van der Waals surface area contributed by atoms with Gasteiger partial charge in [-0.3, -0.25) is 20.4 Å². The quantitative estimate of drug-likeness (QED) is 0.318. The molecule has 0 saturated heterocycles. The first-order chi connectivity index (χ1) is 14.9. The largest absolute Gasteiger partial charge is 0.484 e. The third-order valence-corrected chi connectivity index (χ3v) is 5.22. The van der Waals surface area contributed by atoms with Gasteiger partial charge in [-0.1, -0.05) is 35.5 Å². The van der Waals surface area contributed by atoms with Crippen molar-refractivity contribution < 1.29 is 14.3 Å².